The van der Waals surface area contributed by atoms with Crippen molar-refractivity contribution in [3.05, 3.63) is 53.1 Å². The standard InChI is InChI=1S/C22H21NO3/c1-25-18-9-6-15(7-10-18)5-8-16-12-17-14-22(19(16)13-21(24)26-22)20-4-2-3-11-23(17)20/h6-7,9-10,12-13,17,20H,2-4,11,14H2,1H3. The molecule has 3 aliphatic heterocycles. The van der Waals surface area contributed by atoms with Gasteiger partial charge in [-0.25, -0.2) is 4.79 Å². The second-order valence-electron chi connectivity index (χ2n) is 7.45. The van der Waals surface area contributed by atoms with E-state index in [2.05, 4.69) is 22.8 Å². The van der Waals surface area contributed by atoms with Gasteiger partial charge in [-0.15, -0.1) is 0 Å². The van der Waals surface area contributed by atoms with Gasteiger partial charge in [-0.05, 0) is 43.7 Å². The van der Waals surface area contributed by atoms with Crippen LogP contribution in [-0.2, 0) is 9.53 Å². The number of carbonyl (C=O) groups is 1. The van der Waals surface area contributed by atoms with Crippen LogP contribution in [0.25, 0.3) is 0 Å². The fraction of sp³-hybridized carbons (Fsp3) is 0.409. The molecule has 1 spiro atoms. The van der Waals surface area contributed by atoms with Crippen molar-refractivity contribution in [1.29, 1.82) is 0 Å². The molecule has 3 unspecified atom stereocenters. The molecule has 4 aliphatic rings. The number of methoxy groups -OCH3 is 1. The van der Waals surface area contributed by atoms with Crippen LogP contribution in [0, 0.1) is 11.8 Å². The largest absolute Gasteiger partial charge is 0.497 e. The van der Waals surface area contributed by atoms with E-state index in [0.29, 0.717) is 12.1 Å². The highest BCUT2D eigenvalue weighted by molar-refractivity contribution is 5.90. The monoisotopic (exact) mass is 347 g/mol. The Labute approximate surface area is 153 Å². The van der Waals surface area contributed by atoms with Crippen molar-refractivity contribution in [2.45, 2.75) is 43.4 Å². The lowest BCUT2D eigenvalue weighted by atomic mass is 9.77. The Bertz CT molecular complexity index is 886. The molecule has 5 rings (SSSR count). The number of hydrogen-bond donors (Lipinski definition) is 0. The van der Waals surface area contributed by atoms with E-state index in [4.69, 9.17) is 9.47 Å². The highest BCUT2D eigenvalue weighted by Crippen LogP contribution is 2.53. The SMILES string of the molecule is COc1ccc(C#CC2=CC3CC4(OC(=O)C=C24)C2CCCCN32)cc1. The van der Waals surface area contributed by atoms with Crippen molar-refractivity contribution in [3.63, 3.8) is 0 Å². The zero-order chi connectivity index (χ0) is 17.7. The number of esters is 1. The minimum Gasteiger partial charge on any atom is -0.497 e. The topological polar surface area (TPSA) is 38.8 Å². The summed E-state index contributed by atoms with van der Waals surface area (Å²) < 4.78 is 11.1. The summed E-state index contributed by atoms with van der Waals surface area (Å²) in [7, 11) is 1.65. The molecule has 0 N–H and O–H groups in total. The second kappa shape index (κ2) is 5.75. The van der Waals surface area contributed by atoms with Gasteiger partial charge < -0.3 is 9.47 Å². The molecule has 2 fully saturated rings. The van der Waals surface area contributed by atoms with E-state index in [1.54, 1.807) is 13.2 Å². The van der Waals surface area contributed by atoms with Crippen LogP contribution < -0.4 is 4.74 Å². The zero-order valence-corrected chi connectivity index (χ0v) is 14.8. The quantitative estimate of drug-likeness (QED) is 0.578. The molecule has 3 atom stereocenters. The highest BCUT2D eigenvalue weighted by Gasteiger charge is 2.61. The number of nitrogens with zero attached hydrogens (tertiary/aromatic N) is 1. The van der Waals surface area contributed by atoms with E-state index in [-0.39, 0.29) is 5.97 Å². The average Bonchev–Trinajstić information content (AvgIpc) is 3.15. The average molecular weight is 347 g/mol. The van der Waals surface area contributed by atoms with Gasteiger partial charge in [-0.3, -0.25) is 4.90 Å². The van der Waals surface area contributed by atoms with Crippen LogP contribution in [0.3, 0.4) is 0 Å². The van der Waals surface area contributed by atoms with E-state index >= 15 is 0 Å². The van der Waals surface area contributed by atoms with Gasteiger partial charge in [-0.1, -0.05) is 24.3 Å². The van der Waals surface area contributed by atoms with Crippen LogP contribution in [0.2, 0.25) is 0 Å². The number of benzene rings is 1. The molecule has 1 aromatic rings. The third kappa shape index (κ3) is 2.24. The summed E-state index contributed by atoms with van der Waals surface area (Å²) in [5.41, 5.74) is 2.41. The lowest BCUT2D eigenvalue weighted by Crippen LogP contribution is -2.48. The molecule has 132 valence electrons. The molecule has 26 heavy (non-hydrogen) atoms. The van der Waals surface area contributed by atoms with Crippen LogP contribution in [-0.4, -0.2) is 42.2 Å². The van der Waals surface area contributed by atoms with E-state index in [1.807, 2.05) is 24.3 Å². The number of hydrogen-bond acceptors (Lipinski definition) is 4. The van der Waals surface area contributed by atoms with E-state index in [9.17, 15) is 4.79 Å². The van der Waals surface area contributed by atoms with E-state index < -0.39 is 5.60 Å². The summed E-state index contributed by atoms with van der Waals surface area (Å²) in [6, 6.07) is 8.35. The third-order valence-electron chi connectivity index (χ3n) is 6.10. The minimum atomic E-state index is -0.471. The normalized spacial score (nSPS) is 31.8. The maximum absolute atomic E-state index is 12.2. The fourth-order valence-electron chi connectivity index (χ4n) is 4.98. The molecular weight excluding hydrogens is 326 g/mol. The van der Waals surface area contributed by atoms with Crippen LogP contribution in [0.1, 0.15) is 31.2 Å². The molecule has 3 heterocycles. The van der Waals surface area contributed by atoms with Gasteiger partial charge in [0, 0.05) is 35.2 Å². The Morgan fingerprint density at radius 3 is 2.88 bits per heavy atom. The summed E-state index contributed by atoms with van der Waals surface area (Å²) in [4.78, 5) is 14.7. The predicted octanol–water partition coefficient (Wildman–Crippen LogP) is 2.84. The Kier molecular flexibility index (Phi) is 3.48. The van der Waals surface area contributed by atoms with Crippen molar-refractivity contribution in [2.24, 2.45) is 0 Å². The van der Waals surface area contributed by atoms with Gasteiger partial charge in [0.25, 0.3) is 0 Å². The molecule has 0 radical (unpaired) electrons. The molecule has 0 amide bonds. The van der Waals surface area contributed by atoms with Gasteiger partial charge in [-0.2, -0.15) is 0 Å². The number of fused-ring (bicyclic) bond motifs is 3. The highest BCUT2D eigenvalue weighted by atomic mass is 16.6. The summed E-state index contributed by atoms with van der Waals surface area (Å²) in [6.45, 7) is 1.08. The van der Waals surface area contributed by atoms with Gasteiger partial charge in [0.05, 0.1) is 13.2 Å². The van der Waals surface area contributed by atoms with Crippen LogP contribution in [0.4, 0.5) is 0 Å². The van der Waals surface area contributed by atoms with Crippen LogP contribution in [0.5, 0.6) is 5.75 Å². The minimum absolute atomic E-state index is 0.217. The Morgan fingerprint density at radius 1 is 1.23 bits per heavy atom. The van der Waals surface area contributed by atoms with Gasteiger partial charge in [0.1, 0.15) is 5.75 Å². The van der Waals surface area contributed by atoms with Crippen LogP contribution in [0.15, 0.2) is 47.6 Å². The number of piperidine rings is 1. The molecule has 4 heteroatoms. The summed E-state index contributed by atoms with van der Waals surface area (Å²) in [5, 5.41) is 0. The molecule has 1 aromatic carbocycles. The predicted molar refractivity (Wildman–Crippen MR) is 97.6 cm³/mol. The molecule has 1 aliphatic carbocycles. The summed E-state index contributed by atoms with van der Waals surface area (Å²) in [5.74, 6) is 7.16. The van der Waals surface area contributed by atoms with Crippen molar-refractivity contribution in [1.82, 2.24) is 4.90 Å². The Hall–Kier alpha value is -2.51. The van der Waals surface area contributed by atoms with Crippen molar-refractivity contribution >= 4 is 5.97 Å². The van der Waals surface area contributed by atoms with Crippen molar-refractivity contribution < 1.29 is 14.3 Å². The smallest absolute Gasteiger partial charge is 0.332 e. The number of rotatable bonds is 1. The van der Waals surface area contributed by atoms with Gasteiger partial charge in [0.2, 0.25) is 0 Å². The molecule has 0 aromatic heterocycles. The van der Waals surface area contributed by atoms with E-state index in [0.717, 1.165) is 41.8 Å². The lowest BCUT2D eigenvalue weighted by molar-refractivity contribution is -0.148. The van der Waals surface area contributed by atoms with Crippen molar-refractivity contribution in [3.8, 4) is 17.6 Å². The molecular formula is C22H21NO3. The number of carbonyl (C=O) groups excluding carboxylic acids is 1. The zero-order valence-electron chi connectivity index (χ0n) is 14.8. The molecule has 2 saturated heterocycles. The van der Waals surface area contributed by atoms with Gasteiger partial charge >= 0.3 is 5.97 Å². The number of ether oxygens (including phenoxy) is 2. The molecule has 0 saturated carbocycles. The summed E-state index contributed by atoms with van der Waals surface area (Å²) >= 11 is 0. The Morgan fingerprint density at radius 2 is 2.08 bits per heavy atom. The van der Waals surface area contributed by atoms with E-state index in [1.165, 1.54) is 12.8 Å². The maximum Gasteiger partial charge on any atom is 0.332 e. The molecule has 4 nitrogen and oxygen atoms in total. The first kappa shape index (κ1) is 15.7. The van der Waals surface area contributed by atoms with Gasteiger partial charge in [0.15, 0.2) is 5.60 Å². The Balaban J connectivity index is 1.52. The second-order valence-corrected chi connectivity index (χ2v) is 7.45. The van der Waals surface area contributed by atoms with Crippen LogP contribution >= 0.6 is 0 Å². The fourth-order valence-corrected chi connectivity index (χ4v) is 4.98. The third-order valence-corrected chi connectivity index (χ3v) is 6.10. The first-order valence-corrected chi connectivity index (χ1v) is 9.29. The molecule has 2 bridgehead atoms. The summed E-state index contributed by atoms with van der Waals surface area (Å²) in [6.07, 6.45) is 8.30. The lowest BCUT2D eigenvalue weighted by Gasteiger charge is -2.38. The van der Waals surface area contributed by atoms with Crippen molar-refractivity contribution in [2.75, 3.05) is 13.7 Å². The first-order chi connectivity index (χ1) is 12.7. The first-order valence-electron chi connectivity index (χ1n) is 9.29. The maximum atomic E-state index is 12.2.